The van der Waals surface area contributed by atoms with E-state index in [9.17, 15) is 9.59 Å². The second-order valence-corrected chi connectivity index (χ2v) is 9.08. The molecule has 0 radical (unpaired) electrons. The predicted molar refractivity (Wildman–Crippen MR) is 113 cm³/mol. The number of likely N-dealkylation sites (tertiary alicyclic amines) is 1. The zero-order valence-electron chi connectivity index (χ0n) is 15.7. The highest BCUT2D eigenvalue weighted by Gasteiger charge is 2.20. The van der Waals surface area contributed by atoms with E-state index in [0.29, 0.717) is 16.8 Å². The second kappa shape index (κ2) is 9.37. The molecule has 2 amide bonds. The Morgan fingerprint density at radius 2 is 1.93 bits per heavy atom. The van der Waals surface area contributed by atoms with Crippen LogP contribution in [-0.4, -0.2) is 46.3 Å². The van der Waals surface area contributed by atoms with Crippen molar-refractivity contribution >= 4 is 40.0 Å². The number of thioether (sulfide) groups is 1. The molecule has 0 unspecified atom stereocenters. The second-order valence-electron chi connectivity index (χ2n) is 6.89. The number of anilines is 1. The number of carbonyl (C=O) groups is 2. The van der Waals surface area contributed by atoms with Gasteiger partial charge in [0.2, 0.25) is 11.8 Å². The Kier molecular flexibility index (Phi) is 6.90. The Hall–Kier alpha value is -1.86. The number of thiazole rings is 1. The van der Waals surface area contributed by atoms with Crippen LogP contribution in [0.1, 0.15) is 24.6 Å². The Labute approximate surface area is 168 Å². The van der Waals surface area contributed by atoms with Gasteiger partial charge in [-0.2, -0.15) is 0 Å². The smallest absolute Gasteiger partial charge is 0.236 e. The van der Waals surface area contributed by atoms with E-state index in [4.69, 9.17) is 0 Å². The maximum absolute atomic E-state index is 12.2. The van der Waals surface area contributed by atoms with Crippen LogP contribution in [0.15, 0.2) is 30.3 Å². The number of benzene rings is 1. The van der Waals surface area contributed by atoms with Gasteiger partial charge in [-0.25, -0.2) is 4.98 Å². The molecule has 0 atom stereocenters. The van der Waals surface area contributed by atoms with Gasteiger partial charge in [0.1, 0.15) is 0 Å². The number of nitrogens with one attached hydrogen (secondary N) is 1. The Bertz CT molecular complexity index is 784. The molecule has 0 bridgehead atoms. The van der Waals surface area contributed by atoms with E-state index in [1.54, 1.807) is 0 Å². The topological polar surface area (TPSA) is 62.3 Å². The van der Waals surface area contributed by atoms with Crippen LogP contribution in [0.5, 0.6) is 0 Å². The molecule has 1 fully saturated rings. The molecule has 0 aliphatic carbocycles. The lowest BCUT2D eigenvalue weighted by Gasteiger charge is -2.30. The van der Waals surface area contributed by atoms with Gasteiger partial charge in [0.15, 0.2) is 5.13 Å². The van der Waals surface area contributed by atoms with E-state index in [-0.39, 0.29) is 17.6 Å². The molecule has 1 N–H and O–H groups in total. The number of hydrogen-bond donors (Lipinski definition) is 1. The van der Waals surface area contributed by atoms with Crippen molar-refractivity contribution in [3.8, 4) is 11.3 Å². The van der Waals surface area contributed by atoms with E-state index in [0.717, 1.165) is 42.1 Å². The molecular weight excluding hydrogens is 378 g/mol. The van der Waals surface area contributed by atoms with Crippen molar-refractivity contribution in [2.45, 2.75) is 26.7 Å². The third-order valence-electron chi connectivity index (χ3n) is 4.69. The van der Waals surface area contributed by atoms with Crippen molar-refractivity contribution in [3.63, 3.8) is 0 Å². The predicted octanol–water partition coefficient (Wildman–Crippen LogP) is 4.05. The van der Waals surface area contributed by atoms with Gasteiger partial charge in [0.05, 0.1) is 17.2 Å². The maximum atomic E-state index is 12.2. The molecule has 7 heteroatoms. The summed E-state index contributed by atoms with van der Waals surface area (Å²) in [6.07, 6.45) is 2.15. The van der Waals surface area contributed by atoms with Crippen LogP contribution in [0.25, 0.3) is 11.3 Å². The molecular formula is C20H25N3O2S2. The van der Waals surface area contributed by atoms with Crippen molar-refractivity contribution in [1.29, 1.82) is 0 Å². The highest BCUT2D eigenvalue weighted by molar-refractivity contribution is 8.00. The first kappa shape index (κ1) is 19.9. The minimum atomic E-state index is -0.117. The molecule has 1 saturated heterocycles. The van der Waals surface area contributed by atoms with Gasteiger partial charge in [-0.05, 0) is 25.7 Å². The molecule has 27 heavy (non-hydrogen) atoms. The van der Waals surface area contributed by atoms with Crippen LogP contribution in [0.3, 0.4) is 0 Å². The molecule has 5 nitrogen and oxygen atoms in total. The summed E-state index contributed by atoms with van der Waals surface area (Å²) in [7, 11) is 0. The van der Waals surface area contributed by atoms with Gasteiger partial charge < -0.3 is 10.2 Å². The molecule has 144 valence electrons. The van der Waals surface area contributed by atoms with Crippen molar-refractivity contribution in [2.75, 3.05) is 29.9 Å². The number of piperidine rings is 1. The first-order valence-corrected chi connectivity index (χ1v) is 11.2. The molecule has 1 aromatic carbocycles. The van der Waals surface area contributed by atoms with Crippen LogP contribution < -0.4 is 5.32 Å². The monoisotopic (exact) mass is 403 g/mol. The summed E-state index contributed by atoms with van der Waals surface area (Å²) < 4.78 is 0. The first-order chi connectivity index (χ1) is 13.0. The van der Waals surface area contributed by atoms with E-state index >= 15 is 0 Å². The lowest BCUT2D eigenvalue weighted by molar-refractivity contribution is -0.129. The molecule has 0 saturated carbocycles. The fourth-order valence-corrected chi connectivity index (χ4v) is 4.62. The number of rotatable bonds is 6. The number of hydrogen-bond acceptors (Lipinski definition) is 5. The lowest BCUT2D eigenvalue weighted by atomic mass is 9.99. The number of carbonyl (C=O) groups excluding carboxylic acids is 2. The molecule has 2 heterocycles. The van der Waals surface area contributed by atoms with Crippen molar-refractivity contribution in [2.24, 2.45) is 5.92 Å². The van der Waals surface area contributed by atoms with E-state index in [2.05, 4.69) is 17.2 Å². The van der Waals surface area contributed by atoms with Crippen molar-refractivity contribution < 1.29 is 9.59 Å². The molecule has 1 aliphatic heterocycles. The van der Waals surface area contributed by atoms with Crippen LogP contribution in [0.4, 0.5) is 5.13 Å². The van der Waals surface area contributed by atoms with Gasteiger partial charge in [0, 0.05) is 23.5 Å². The van der Waals surface area contributed by atoms with Crippen molar-refractivity contribution in [1.82, 2.24) is 9.88 Å². The van der Waals surface area contributed by atoms with Gasteiger partial charge in [-0.3, -0.25) is 9.59 Å². The van der Waals surface area contributed by atoms with Crippen LogP contribution in [0, 0.1) is 12.8 Å². The normalized spacial score (nSPS) is 15.0. The minimum absolute atomic E-state index is 0.117. The van der Waals surface area contributed by atoms with E-state index < -0.39 is 0 Å². The summed E-state index contributed by atoms with van der Waals surface area (Å²) in [5, 5.41) is 3.46. The van der Waals surface area contributed by atoms with Gasteiger partial charge in [-0.1, -0.05) is 37.3 Å². The van der Waals surface area contributed by atoms with Gasteiger partial charge in [-0.15, -0.1) is 23.1 Å². The molecule has 0 spiro atoms. The largest absolute Gasteiger partial charge is 0.342 e. The van der Waals surface area contributed by atoms with E-state index in [1.165, 1.54) is 23.1 Å². The fourth-order valence-electron chi connectivity index (χ4n) is 3.05. The number of amides is 2. The third-order valence-corrected chi connectivity index (χ3v) is 6.49. The third kappa shape index (κ3) is 5.56. The summed E-state index contributed by atoms with van der Waals surface area (Å²) >= 11 is 2.84. The summed E-state index contributed by atoms with van der Waals surface area (Å²) in [5.41, 5.74) is 1.95. The highest BCUT2D eigenvalue weighted by atomic mass is 32.2. The minimum Gasteiger partial charge on any atom is -0.342 e. The summed E-state index contributed by atoms with van der Waals surface area (Å²) in [4.78, 5) is 31.9. The first-order valence-electron chi connectivity index (χ1n) is 9.21. The molecule has 1 aliphatic rings. The quantitative estimate of drug-likeness (QED) is 0.790. The van der Waals surface area contributed by atoms with Crippen LogP contribution in [-0.2, 0) is 9.59 Å². The summed E-state index contributed by atoms with van der Waals surface area (Å²) in [6.45, 7) is 5.91. The molecule has 3 rings (SSSR count). The lowest BCUT2D eigenvalue weighted by Crippen LogP contribution is -2.39. The van der Waals surface area contributed by atoms with Crippen LogP contribution >= 0.6 is 23.1 Å². The Balaban J connectivity index is 1.45. The zero-order valence-corrected chi connectivity index (χ0v) is 17.4. The van der Waals surface area contributed by atoms with Crippen molar-refractivity contribution in [3.05, 3.63) is 35.2 Å². The SMILES string of the molecule is Cc1sc(NC(=O)CSCC(=O)N2CCC(C)CC2)nc1-c1ccccc1. The van der Waals surface area contributed by atoms with Gasteiger partial charge in [0.25, 0.3) is 0 Å². The maximum Gasteiger partial charge on any atom is 0.236 e. The molecule has 1 aromatic heterocycles. The van der Waals surface area contributed by atoms with Crippen LogP contribution in [0.2, 0.25) is 0 Å². The number of nitrogens with zero attached hydrogens (tertiary/aromatic N) is 2. The average Bonchev–Trinajstić information content (AvgIpc) is 3.03. The average molecular weight is 404 g/mol. The number of aromatic nitrogens is 1. The van der Waals surface area contributed by atoms with Gasteiger partial charge >= 0.3 is 0 Å². The Morgan fingerprint density at radius 1 is 1.22 bits per heavy atom. The zero-order chi connectivity index (χ0) is 19.2. The van der Waals surface area contributed by atoms with E-state index in [1.807, 2.05) is 42.2 Å². The number of aryl methyl sites for hydroxylation is 1. The summed E-state index contributed by atoms with van der Waals surface area (Å²) in [5.74, 6) is 1.34. The standard InChI is InChI=1S/C20H25N3O2S2/c1-14-8-10-23(11-9-14)18(25)13-26-12-17(24)21-20-22-19(15(2)27-20)16-6-4-3-5-7-16/h3-7,14H,8-13H2,1-2H3,(H,21,22,24). The fraction of sp³-hybridized carbons (Fsp3) is 0.450. The summed E-state index contributed by atoms with van der Waals surface area (Å²) in [6, 6.07) is 9.94. The highest BCUT2D eigenvalue weighted by Crippen LogP contribution is 2.30. The molecule has 2 aromatic rings. The Morgan fingerprint density at radius 3 is 2.63 bits per heavy atom.